The van der Waals surface area contributed by atoms with Gasteiger partial charge in [-0.15, -0.1) is 0 Å². The first-order valence-electron chi connectivity index (χ1n) is 7.63. The lowest BCUT2D eigenvalue weighted by Crippen LogP contribution is -2.36. The number of nitrogens with zero attached hydrogens (tertiary/aromatic N) is 1. The fourth-order valence-corrected chi connectivity index (χ4v) is 2.31. The third-order valence-electron chi connectivity index (χ3n) is 3.57. The van der Waals surface area contributed by atoms with E-state index in [1.165, 1.54) is 5.01 Å². The van der Waals surface area contributed by atoms with Crippen molar-refractivity contribution in [2.75, 3.05) is 17.5 Å². The molecule has 0 heterocycles. The maximum Gasteiger partial charge on any atom is 0.276 e. The molecular formula is C20H18N2O2. The summed E-state index contributed by atoms with van der Waals surface area (Å²) in [6.07, 6.45) is 0. The summed E-state index contributed by atoms with van der Waals surface area (Å²) >= 11 is 0. The van der Waals surface area contributed by atoms with E-state index in [0.29, 0.717) is 5.56 Å². The Kier molecular flexibility index (Phi) is 4.77. The third-order valence-corrected chi connectivity index (χ3v) is 3.57. The molecule has 120 valence electrons. The Morgan fingerprint density at radius 1 is 0.833 bits per heavy atom. The van der Waals surface area contributed by atoms with Gasteiger partial charge in [0.05, 0.1) is 18.5 Å². The van der Waals surface area contributed by atoms with E-state index in [2.05, 4.69) is 5.43 Å². The number of anilines is 2. The minimum atomic E-state index is -0.127. The number of ether oxygens (including phenoxy) is 1. The van der Waals surface area contributed by atoms with Crippen LogP contribution in [0.4, 0.5) is 11.4 Å². The molecule has 0 saturated heterocycles. The summed E-state index contributed by atoms with van der Waals surface area (Å²) in [5.74, 6) is 0.638. The summed E-state index contributed by atoms with van der Waals surface area (Å²) in [5.41, 5.74) is 5.35. The Morgan fingerprint density at radius 3 is 2.00 bits per heavy atom. The lowest BCUT2D eigenvalue weighted by atomic mass is 10.2. The van der Waals surface area contributed by atoms with Gasteiger partial charge in [0.15, 0.2) is 0 Å². The number of carbonyl (C=O) groups excluding carboxylic acids is 1. The van der Waals surface area contributed by atoms with Gasteiger partial charge in [-0.05, 0) is 48.5 Å². The summed E-state index contributed by atoms with van der Waals surface area (Å²) in [5, 5.41) is 1.54. The Balaban J connectivity index is 1.91. The van der Waals surface area contributed by atoms with Crippen molar-refractivity contribution in [3.05, 3.63) is 90.5 Å². The molecule has 4 nitrogen and oxygen atoms in total. The maximum atomic E-state index is 12.9. The Labute approximate surface area is 141 Å². The first-order chi connectivity index (χ1) is 11.8. The molecular weight excluding hydrogens is 300 g/mol. The van der Waals surface area contributed by atoms with E-state index < -0.39 is 0 Å². The summed E-state index contributed by atoms with van der Waals surface area (Å²) in [7, 11) is 1.62. The van der Waals surface area contributed by atoms with Crippen molar-refractivity contribution < 1.29 is 9.53 Å². The average Bonchev–Trinajstić information content (AvgIpc) is 2.67. The van der Waals surface area contributed by atoms with Gasteiger partial charge < -0.3 is 4.74 Å². The predicted octanol–water partition coefficient (Wildman–Crippen LogP) is 4.37. The Morgan fingerprint density at radius 2 is 1.42 bits per heavy atom. The van der Waals surface area contributed by atoms with Crippen LogP contribution in [0.2, 0.25) is 0 Å². The molecule has 3 rings (SSSR count). The van der Waals surface area contributed by atoms with E-state index in [0.717, 1.165) is 17.1 Å². The van der Waals surface area contributed by atoms with Crippen molar-refractivity contribution in [3.8, 4) is 5.75 Å². The normalized spacial score (nSPS) is 10.0. The van der Waals surface area contributed by atoms with Crippen molar-refractivity contribution in [1.29, 1.82) is 0 Å². The number of methoxy groups -OCH3 is 1. The van der Waals surface area contributed by atoms with Gasteiger partial charge in [0.2, 0.25) is 0 Å². The second-order valence-electron chi connectivity index (χ2n) is 5.18. The highest BCUT2D eigenvalue weighted by molar-refractivity contribution is 6.07. The molecule has 3 aromatic carbocycles. The molecule has 0 aromatic heterocycles. The first kappa shape index (κ1) is 15.6. The van der Waals surface area contributed by atoms with Crippen molar-refractivity contribution >= 4 is 17.3 Å². The van der Waals surface area contributed by atoms with E-state index in [9.17, 15) is 4.79 Å². The highest BCUT2D eigenvalue weighted by atomic mass is 16.5. The summed E-state index contributed by atoms with van der Waals surface area (Å²) in [4.78, 5) is 12.9. The van der Waals surface area contributed by atoms with Gasteiger partial charge in [-0.25, -0.2) is 5.01 Å². The van der Waals surface area contributed by atoms with Crippen molar-refractivity contribution in [3.63, 3.8) is 0 Å². The second kappa shape index (κ2) is 7.33. The number of hydrazine groups is 1. The summed E-state index contributed by atoms with van der Waals surface area (Å²) < 4.78 is 5.17. The minimum Gasteiger partial charge on any atom is -0.497 e. The largest absolute Gasteiger partial charge is 0.497 e. The minimum absolute atomic E-state index is 0.127. The van der Waals surface area contributed by atoms with E-state index in [4.69, 9.17) is 4.74 Å². The van der Waals surface area contributed by atoms with Crippen LogP contribution >= 0.6 is 0 Å². The molecule has 0 fully saturated rings. The highest BCUT2D eigenvalue weighted by Crippen LogP contribution is 2.21. The van der Waals surface area contributed by atoms with Crippen LogP contribution in [0.5, 0.6) is 5.75 Å². The number of nitrogens with one attached hydrogen (secondary N) is 1. The zero-order valence-electron chi connectivity index (χ0n) is 13.3. The number of hydrogen-bond donors (Lipinski definition) is 1. The van der Waals surface area contributed by atoms with E-state index in [1.54, 1.807) is 19.2 Å². The Hall–Kier alpha value is -3.27. The SMILES string of the molecule is COc1ccc(NN(C(=O)c2ccccc2)c2ccccc2)cc1. The molecule has 0 atom stereocenters. The van der Waals surface area contributed by atoms with Crippen LogP contribution in [-0.4, -0.2) is 13.0 Å². The summed E-state index contributed by atoms with van der Waals surface area (Å²) in [6, 6.07) is 26.1. The van der Waals surface area contributed by atoms with Crippen LogP contribution in [0.25, 0.3) is 0 Å². The molecule has 0 aliphatic carbocycles. The van der Waals surface area contributed by atoms with Crippen LogP contribution in [0.15, 0.2) is 84.9 Å². The lowest BCUT2D eigenvalue weighted by Gasteiger charge is -2.24. The van der Waals surface area contributed by atoms with E-state index in [1.807, 2.05) is 72.8 Å². The quantitative estimate of drug-likeness (QED) is 0.710. The number of amides is 1. The number of para-hydroxylation sites is 1. The van der Waals surface area contributed by atoms with Gasteiger partial charge in [0.25, 0.3) is 5.91 Å². The summed E-state index contributed by atoms with van der Waals surface area (Å²) in [6.45, 7) is 0. The van der Waals surface area contributed by atoms with Gasteiger partial charge in [-0.1, -0.05) is 36.4 Å². The fourth-order valence-electron chi connectivity index (χ4n) is 2.31. The van der Waals surface area contributed by atoms with Crippen LogP contribution < -0.4 is 15.2 Å². The fraction of sp³-hybridized carbons (Fsp3) is 0.0500. The van der Waals surface area contributed by atoms with Gasteiger partial charge >= 0.3 is 0 Å². The smallest absolute Gasteiger partial charge is 0.276 e. The lowest BCUT2D eigenvalue weighted by molar-refractivity contribution is 0.0993. The van der Waals surface area contributed by atoms with Gasteiger partial charge in [-0.3, -0.25) is 10.2 Å². The van der Waals surface area contributed by atoms with E-state index in [-0.39, 0.29) is 5.91 Å². The molecule has 4 heteroatoms. The Bertz CT molecular complexity index is 787. The molecule has 0 aliphatic rings. The topological polar surface area (TPSA) is 41.6 Å². The van der Waals surface area contributed by atoms with Crippen molar-refractivity contribution in [2.45, 2.75) is 0 Å². The zero-order chi connectivity index (χ0) is 16.8. The maximum absolute atomic E-state index is 12.9. The third kappa shape index (κ3) is 3.55. The molecule has 0 aliphatic heterocycles. The number of carbonyl (C=O) groups is 1. The molecule has 1 N–H and O–H groups in total. The van der Waals surface area contributed by atoms with Gasteiger partial charge in [-0.2, -0.15) is 0 Å². The number of rotatable bonds is 5. The number of hydrogen-bond acceptors (Lipinski definition) is 3. The molecule has 0 bridgehead atoms. The molecule has 0 spiro atoms. The molecule has 1 amide bonds. The molecule has 3 aromatic rings. The number of benzene rings is 3. The van der Waals surface area contributed by atoms with Crippen LogP contribution in [0.3, 0.4) is 0 Å². The highest BCUT2D eigenvalue weighted by Gasteiger charge is 2.17. The van der Waals surface area contributed by atoms with Gasteiger partial charge in [0.1, 0.15) is 5.75 Å². The van der Waals surface area contributed by atoms with Crippen LogP contribution in [-0.2, 0) is 0 Å². The van der Waals surface area contributed by atoms with Crippen LogP contribution in [0.1, 0.15) is 10.4 Å². The van der Waals surface area contributed by atoms with Crippen molar-refractivity contribution in [1.82, 2.24) is 0 Å². The molecule has 0 unspecified atom stereocenters. The van der Waals surface area contributed by atoms with Crippen molar-refractivity contribution in [2.24, 2.45) is 0 Å². The van der Waals surface area contributed by atoms with E-state index >= 15 is 0 Å². The monoisotopic (exact) mass is 318 g/mol. The standard InChI is InChI=1S/C20H18N2O2/c1-24-19-14-12-17(13-15-19)21-22(18-10-6-3-7-11-18)20(23)16-8-4-2-5-9-16/h2-15,21H,1H3. The zero-order valence-corrected chi connectivity index (χ0v) is 13.3. The average molecular weight is 318 g/mol. The van der Waals surface area contributed by atoms with Gasteiger partial charge in [0, 0.05) is 5.56 Å². The molecule has 0 radical (unpaired) electrons. The first-order valence-corrected chi connectivity index (χ1v) is 7.63. The van der Waals surface area contributed by atoms with Crippen LogP contribution in [0, 0.1) is 0 Å². The second-order valence-corrected chi connectivity index (χ2v) is 5.18. The molecule has 24 heavy (non-hydrogen) atoms. The predicted molar refractivity (Wildman–Crippen MR) is 96.3 cm³/mol. The molecule has 0 saturated carbocycles.